The lowest BCUT2D eigenvalue weighted by Crippen LogP contribution is -1.48. The van der Waals surface area contributed by atoms with Gasteiger partial charge in [0, 0.05) is 0 Å². The lowest BCUT2D eigenvalue weighted by molar-refractivity contribution is 0.632. The first-order valence-corrected chi connectivity index (χ1v) is 1.16. The summed E-state index contributed by atoms with van der Waals surface area (Å²) in [4.78, 5) is 0. The van der Waals surface area contributed by atoms with Crippen LogP contribution in [-0.2, 0) is 0 Å². The van der Waals surface area contributed by atoms with Crippen LogP contribution in [0.1, 0.15) is 0 Å². The molecule has 0 aromatic rings. The van der Waals surface area contributed by atoms with E-state index in [1.54, 1.807) is 0 Å². The lowest BCUT2D eigenvalue weighted by atomic mass is 14.0. The first kappa shape index (κ1) is 8.82. The molecule has 0 saturated heterocycles. The normalized spacial score (nSPS) is 3.00. The van der Waals surface area contributed by atoms with E-state index in [2.05, 4.69) is 28.9 Å². The Bertz CT molecular complexity index is 6.00. The van der Waals surface area contributed by atoms with Gasteiger partial charge in [-0.15, -0.1) is 0 Å². The third kappa shape index (κ3) is 22.5. The average molecular weight is 104 g/mol. The zero-order chi connectivity index (χ0) is 4.00. The molecule has 0 aromatic heterocycles. The molecule has 0 aliphatic carbocycles. The molecule has 2 nitrogen and oxygen atoms in total. The third-order valence-electron chi connectivity index (χ3n) is 0. The Kier molecular flexibility index (Phi) is 193. The van der Waals surface area contributed by atoms with E-state index in [9.17, 15) is 0 Å². The molecule has 0 rings (SSSR count). The summed E-state index contributed by atoms with van der Waals surface area (Å²) < 4.78 is 6.47. The minimum Gasteiger partial charge on any atom is -0.295 e. The fraction of sp³-hybridized carbons (Fsp3) is 0. The first-order chi connectivity index (χ1) is 2.00. The van der Waals surface area contributed by atoms with Gasteiger partial charge in [0.25, 0.3) is 0 Å². The highest BCUT2D eigenvalue weighted by Gasteiger charge is 0.897. The highest BCUT2D eigenvalue weighted by Crippen LogP contribution is 1.31. The highest BCUT2D eigenvalue weighted by molar-refractivity contribution is 6.11. The van der Waals surface area contributed by atoms with E-state index in [4.69, 9.17) is 4.66 Å². The molecule has 0 aliphatic heterocycles. The second-order valence-corrected chi connectivity index (χ2v) is 0. The fourth-order valence-corrected chi connectivity index (χ4v) is 0. The maximum atomic E-state index is 6.47. The molecule has 4 heteroatoms. The van der Waals surface area contributed by atoms with Crippen LogP contribution in [0, 0.1) is 0 Å². The second kappa shape index (κ2) is 87.5. The maximum absolute atomic E-state index is 6.47. The van der Waals surface area contributed by atoms with E-state index in [0.29, 0.717) is 0 Å². The van der Waals surface area contributed by atoms with Crippen LogP contribution in [0.4, 0.5) is 0 Å². The molecule has 0 radical (unpaired) electrons. The zero-order valence-corrected chi connectivity index (χ0v) is 3.29. The van der Waals surface area contributed by atoms with Crippen LogP contribution in [0.5, 0.6) is 0 Å². The van der Waals surface area contributed by atoms with Crippen molar-refractivity contribution in [2.45, 2.75) is 0 Å². The van der Waals surface area contributed by atoms with Crippen molar-refractivity contribution in [3.63, 3.8) is 0 Å². The summed E-state index contributed by atoms with van der Waals surface area (Å²) in [6.45, 7) is 0. The topological polar surface area (TPSA) is 46.2 Å². The fourth-order valence-electron chi connectivity index (χ4n) is 0. The van der Waals surface area contributed by atoms with Crippen LogP contribution in [0.15, 0.2) is 0 Å². The van der Waals surface area contributed by atoms with Gasteiger partial charge in [-0.2, -0.15) is 0 Å². The lowest BCUT2D eigenvalue weighted by Gasteiger charge is -1.14. The van der Waals surface area contributed by atoms with Crippen molar-refractivity contribution in [1.82, 2.24) is 0 Å². The molecule has 28 valence electrons. The molecule has 0 aliphatic rings. The molecule has 0 atom stereocenters. The van der Waals surface area contributed by atoms with Gasteiger partial charge in [-0.25, -0.2) is 5.25 Å². The Morgan fingerprint density at radius 1 is 1.25 bits per heavy atom. The van der Waals surface area contributed by atoms with Gasteiger partial charge in [-0.1, -0.05) is 0 Å². The van der Waals surface area contributed by atoms with Crippen molar-refractivity contribution < 1.29 is 4.66 Å². The quantitative estimate of drug-likeness (QED) is 0.432. The molecule has 3 N–H and O–H groups in total. The van der Waals surface area contributed by atoms with Crippen molar-refractivity contribution in [3.8, 4) is 0 Å². The van der Waals surface area contributed by atoms with E-state index in [1.165, 1.54) is 0 Å². The zero-order valence-electron chi connectivity index (χ0n) is 1.78. The summed E-state index contributed by atoms with van der Waals surface area (Å²) >= 11 is 7.78. The Hall–Kier alpha value is 0.500. The van der Waals surface area contributed by atoms with Crippen molar-refractivity contribution >= 4 is 23.6 Å². The van der Waals surface area contributed by atoms with Gasteiger partial charge in [0.05, 0.1) is 11.9 Å². The number of rotatable bonds is 0. The maximum Gasteiger partial charge on any atom is 0.0579 e. The predicted molar refractivity (Wildman–Crippen MR) is 18.1 cm³/mol. The van der Waals surface area contributed by atoms with E-state index in [-0.39, 0.29) is 0 Å². The SMILES string of the molecule is NCl.OCl. The predicted octanol–water partition coefficient (Wildman–Crippen LogP) is 0.231. The summed E-state index contributed by atoms with van der Waals surface area (Å²) in [7, 11) is 0. The highest BCUT2D eigenvalue weighted by atomic mass is 35.5. The van der Waals surface area contributed by atoms with E-state index in [1.807, 2.05) is 0 Å². The molecule has 0 saturated carbocycles. The first-order valence-electron chi connectivity index (χ1n) is 0.387. The minimum atomic E-state index is 3.64. The van der Waals surface area contributed by atoms with Crippen molar-refractivity contribution in [2.75, 3.05) is 0 Å². The summed E-state index contributed by atoms with van der Waals surface area (Å²) in [5, 5.41) is 3.97. The molecular weight excluding hydrogens is 101 g/mol. The standard InChI is InChI=1S/ClH2N.ClHO/c2*1-2/h2H2;2H. The van der Waals surface area contributed by atoms with Gasteiger partial charge in [-0.05, 0) is 11.8 Å². The summed E-state index contributed by atoms with van der Waals surface area (Å²) in [6.07, 6.45) is 0. The Labute approximate surface area is 34.4 Å². The van der Waals surface area contributed by atoms with Crippen molar-refractivity contribution in [2.24, 2.45) is 5.25 Å². The molecule has 0 amide bonds. The number of halogens is 2. The Morgan fingerprint density at radius 3 is 1.25 bits per heavy atom. The van der Waals surface area contributed by atoms with Crippen LogP contribution < -0.4 is 5.25 Å². The van der Waals surface area contributed by atoms with Crippen LogP contribution >= 0.6 is 23.6 Å². The van der Waals surface area contributed by atoms with Crippen LogP contribution in [-0.4, -0.2) is 4.66 Å². The number of hydrogen-bond acceptors (Lipinski definition) is 2. The summed E-state index contributed by atoms with van der Waals surface area (Å²) in [6, 6.07) is 0. The molecule has 4 heavy (non-hydrogen) atoms. The molecular formula is H3Cl2NO. The van der Waals surface area contributed by atoms with E-state index >= 15 is 0 Å². The smallest absolute Gasteiger partial charge is 0.0579 e. The average Bonchev–Trinajstić information content (AvgIpc) is 1.50. The molecule has 0 bridgehead atoms. The third-order valence-corrected chi connectivity index (χ3v) is 0. The van der Waals surface area contributed by atoms with Gasteiger partial charge in [0.15, 0.2) is 0 Å². The molecule has 0 spiro atoms. The van der Waals surface area contributed by atoms with Crippen LogP contribution in [0.3, 0.4) is 0 Å². The van der Waals surface area contributed by atoms with E-state index in [0.717, 1.165) is 0 Å². The Balaban J connectivity index is 0. The van der Waals surface area contributed by atoms with Crippen LogP contribution in [0.25, 0.3) is 0 Å². The Morgan fingerprint density at radius 2 is 1.25 bits per heavy atom. The number of hydrogen-bond donors (Lipinski definition) is 2. The van der Waals surface area contributed by atoms with Gasteiger partial charge >= 0.3 is 0 Å². The van der Waals surface area contributed by atoms with Gasteiger partial charge in [0.1, 0.15) is 0 Å². The summed E-state index contributed by atoms with van der Waals surface area (Å²) in [5.41, 5.74) is 0. The van der Waals surface area contributed by atoms with Gasteiger partial charge in [-0.3, -0.25) is 4.66 Å². The van der Waals surface area contributed by atoms with Crippen molar-refractivity contribution in [3.05, 3.63) is 0 Å². The van der Waals surface area contributed by atoms with E-state index < -0.39 is 0 Å². The van der Waals surface area contributed by atoms with Crippen molar-refractivity contribution in [1.29, 1.82) is 0 Å². The molecule has 0 fully saturated rings. The monoisotopic (exact) mass is 103 g/mol. The van der Waals surface area contributed by atoms with Crippen LogP contribution in [0.2, 0.25) is 0 Å². The molecule has 0 unspecified atom stereocenters. The largest absolute Gasteiger partial charge is 0.295 e. The number of nitrogens with two attached hydrogens (primary N) is 1. The van der Waals surface area contributed by atoms with Gasteiger partial charge < -0.3 is 0 Å². The minimum absolute atomic E-state index is 3.64. The molecule has 0 aromatic carbocycles. The van der Waals surface area contributed by atoms with Gasteiger partial charge in [0.2, 0.25) is 0 Å². The second-order valence-electron chi connectivity index (χ2n) is 0. The summed E-state index contributed by atoms with van der Waals surface area (Å²) in [5.74, 6) is 0. The molecule has 0 heterocycles.